The standard InChI is InChI=1S/C15H16N2O3/c1-9(2)11-8-17(12-7-5-4-6-10(12)3)16-13(14(11)18)15(19)20/h4-9H,1-3H3,(H,19,20). The highest BCUT2D eigenvalue weighted by Gasteiger charge is 2.18. The molecule has 5 heteroatoms. The van der Waals surface area contributed by atoms with Gasteiger partial charge in [-0.3, -0.25) is 4.79 Å². The molecule has 2 aromatic rings. The lowest BCUT2D eigenvalue weighted by Gasteiger charge is -2.13. The first-order chi connectivity index (χ1) is 9.41. The van der Waals surface area contributed by atoms with Gasteiger partial charge in [0.2, 0.25) is 11.1 Å². The number of carboxylic acids is 1. The lowest BCUT2D eigenvalue weighted by Crippen LogP contribution is -2.25. The Morgan fingerprint density at radius 3 is 2.50 bits per heavy atom. The van der Waals surface area contributed by atoms with Gasteiger partial charge in [-0.25, -0.2) is 9.48 Å². The molecule has 2 rings (SSSR count). The number of para-hydroxylation sites is 1. The van der Waals surface area contributed by atoms with Crippen LogP contribution in [0.25, 0.3) is 5.69 Å². The highest BCUT2D eigenvalue weighted by molar-refractivity contribution is 5.85. The van der Waals surface area contributed by atoms with E-state index in [9.17, 15) is 9.59 Å². The Balaban J connectivity index is 2.76. The Morgan fingerprint density at radius 2 is 1.95 bits per heavy atom. The number of aromatic carboxylic acids is 1. The van der Waals surface area contributed by atoms with E-state index >= 15 is 0 Å². The smallest absolute Gasteiger partial charge is 0.360 e. The number of hydrogen-bond donors (Lipinski definition) is 1. The summed E-state index contributed by atoms with van der Waals surface area (Å²) in [6, 6.07) is 7.48. The fourth-order valence-corrected chi connectivity index (χ4v) is 2.00. The molecule has 0 radical (unpaired) electrons. The maximum atomic E-state index is 12.1. The van der Waals surface area contributed by atoms with Crippen LogP contribution in [0.15, 0.2) is 35.3 Å². The summed E-state index contributed by atoms with van der Waals surface area (Å²) in [5, 5.41) is 13.1. The summed E-state index contributed by atoms with van der Waals surface area (Å²) in [5.74, 6) is -1.38. The van der Waals surface area contributed by atoms with Crippen LogP contribution in [0.1, 0.15) is 41.4 Å². The fraction of sp³-hybridized carbons (Fsp3) is 0.267. The second kappa shape index (κ2) is 5.28. The quantitative estimate of drug-likeness (QED) is 0.931. The van der Waals surface area contributed by atoms with E-state index in [1.807, 2.05) is 45.0 Å². The van der Waals surface area contributed by atoms with Gasteiger partial charge in [-0.05, 0) is 24.5 Å². The molecule has 0 fully saturated rings. The molecule has 0 atom stereocenters. The van der Waals surface area contributed by atoms with Crippen molar-refractivity contribution in [3.63, 3.8) is 0 Å². The van der Waals surface area contributed by atoms with Gasteiger partial charge in [0.25, 0.3) is 0 Å². The molecule has 1 heterocycles. The summed E-state index contributed by atoms with van der Waals surface area (Å²) in [4.78, 5) is 23.3. The molecular weight excluding hydrogens is 256 g/mol. The number of carbonyl (C=O) groups is 1. The predicted octanol–water partition coefficient (Wildman–Crippen LogP) is 2.36. The van der Waals surface area contributed by atoms with Crippen LogP contribution in [0.5, 0.6) is 0 Å². The zero-order valence-corrected chi connectivity index (χ0v) is 11.6. The van der Waals surface area contributed by atoms with E-state index in [2.05, 4.69) is 5.10 Å². The van der Waals surface area contributed by atoms with Gasteiger partial charge in [-0.1, -0.05) is 32.0 Å². The summed E-state index contributed by atoms with van der Waals surface area (Å²) < 4.78 is 1.47. The Morgan fingerprint density at radius 1 is 1.30 bits per heavy atom. The van der Waals surface area contributed by atoms with Gasteiger partial charge in [0.15, 0.2) is 0 Å². The molecular formula is C15H16N2O3. The summed E-state index contributed by atoms with van der Waals surface area (Å²) in [5.41, 5.74) is 1.20. The normalized spacial score (nSPS) is 10.8. The van der Waals surface area contributed by atoms with Crippen LogP contribution in [-0.2, 0) is 0 Å². The molecule has 0 aliphatic carbocycles. The van der Waals surface area contributed by atoms with Crippen LogP contribution >= 0.6 is 0 Å². The van der Waals surface area contributed by atoms with E-state index in [1.54, 1.807) is 6.20 Å². The molecule has 0 unspecified atom stereocenters. The lowest BCUT2D eigenvalue weighted by molar-refractivity contribution is 0.0686. The van der Waals surface area contributed by atoms with E-state index in [1.165, 1.54) is 4.68 Å². The zero-order chi connectivity index (χ0) is 14.9. The fourth-order valence-electron chi connectivity index (χ4n) is 2.00. The van der Waals surface area contributed by atoms with Crippen LogP contribution in [0.4, 0.5) is 0 Å². The van der Waals surface area contributed by atoms with E-state index in [4.69, 9.17) is 5.11 Å². The van der Waals surface area contributed by atoms with Crippen molar-refractivity contribution in [3.05, 3.63) is 57.5 Å². The molecule has 0 aliphatic rings. The molecule has 0 amide bonds. The molecule has 1 aromatic heterocycles. The van der Waals surface area contributed by atoms with Crippen LogP contribution in [0.2, 0.25) is 0 Å². The first-order valence-corrected chi connectivity index (χ1v) is 6.35. The maximum absolute atomic E-state index is 12.1. The zero-order valence-electron chi connectivity index (χ0n) is 11.6. The van der Waals surface area contributed by atoms with Crippen molar-refractivity contribution in [2.24, 2.45) is 0 Å². The van der Waals surface area contributed by atoms with Crippen LogP contribution in [-0.4, -0.2) is 20.9 Å². The second-order valence-corrected chi connectivity index (χ2v) is 4.95. The van der Waals surface area contributed by atoms with Crippen molar-refractivity contribution in [3.8, 4) is 5.69 Å². The Kier molecular flexibility index (Phi) is 3.70. The van der Waals surface area contributed by atoms with Crippen molar-refractivity contribution in [1.82, 2.24) is 9.78 Å². The molecule has 0 saturated heterocycles. The molecule has 1 N–H and O–H groups in total. The summed E-state index contributed by atoms with van der Waals surface area (Å²) in [7, 11) is 0. The van der Waals surface area contributed by atoms with E-state index in [0.29, 0.717) is 5.56 Å². The lowest BCUT2D eigenvalue weighted by atomic mass is 10.0. The van der Waals surface area contributed by atoms with E-state index in [0.717, 1.165) is 11.3 Å². The number of carboxylic acid groups (broad SMARTS) is 1. The third kappa shape index (κ3) is 2.47. The first kappa shape index (κ1) is 14.0. The molecule has 1 aromatic carbocycles. The third-order valence-electron chi connectivity index (χ3n) is 3.13. The Hall–Kier alpha value is -2.43. The third-order valence-corrected chi connectivity index (χ3v) is 3.13. The number of benzene rings is 1. The molecule has 0 aliphatic heterocycles. The van der Waals surface area contributed by atoms with Crippen molar-refractivity contribution < 1.29 is 9.90 Å². The SMILES string of the molecule is Cc1ccccc1-n1cc(C(C)C)c(=O)c(C(=O)O)n1. The topological polar surface area (TPSA) is 72.2 Å². The number of aromatic nitrogens is 2. The van der Waals surface area contributed by atoms with Crippen LogP contribution in [0, 0.1) is 6.92 Å². The Labute approximate surface area is 116 Å². The maximum Gasteiger partial charge on any atom is 0.360 e. The highest BCUT2D eigenvalue weighted by Crippen LogP contribution is 2.15. The summed E-state index contributed by atoms with van der Waals surface area (Å²) >= 11 is 0. The average Bonchev–Trinajstić information content (AvgIpc) is 2.39. The minimum Gasteiger partial charge on any atom is -0.476 e. The molecule has 0 saturated carbocycles. The van der Waals surface area contributed by atoms with Crippen molar-refractivity contribution in [2.75, 3.05) is 0 Å². The van der Waals surface area contributed by atoms with Gasteiger partial charge in [0, 0.05) is 11.8 Å². The predicted molar refractivity (Wildman–Crippen MR) is 75.6 cm³/mol. The number of aryl methyl sites for hydroxylation is 1. The minimum atomic E-state index is -1.31. The van der Waals surface area contributed by atoms with Gasteiger partial charge < -0.3 is 5.11 Å². The molecule has 104 valence electrons. The van der Waals surface area contributed by atoms with Gasteiger partial charge in [-0.15, -0.1) is 0 Å². The van der Waals surface area contributed by atoms with Crippen molar-refractivity contribution >= 4 is 5.97 Å². The van der Waals surface area contributed by atoms with Gasteiger partial charge in [-0.2, -0.15) is 5.10 Å². The monoisotopic (exact) mass is 272 g/mol. The molecule has 5 nitrogen and oxygen atoms in total. The highest BCUT2D eigenvalue weighted by atomic mass is 16.4. The number of hydrogen-bond acceptors (Lipinski definition) is 3. The Bertz CT molecular complexity index is 717. The van der Waals surface area contributed by atoms with E-state index < -0.39 is 17.1 Å². The van der Waals surface area contributed by atoms with Gasteiger partial charge in [0.1, 0.15) is 0 Å². The van der Waals surface area contributed by atoms with Crippen LogP contribution < -0.4 is 5.43 Å². The second-order valence-electron chi connectivity index (χ2n) is 4.95. The molecule has 0 bridgehead atoms. The minimum absolute atomic E-state index is 0.0705. The van der Waals surface area contributed by atoms with Gasteiger partial charge in [0.05, 0.1) is 5.69 Å². The van der Waals surface area contributed by atoms with Crippen molar-refractivity contribution in [2.45, 2.75) is 26.7 Å². The van der Waals surface area contributed by atoms with Crippen LogP contribution in [0.3, 0.4) is 0 Å². The summed E-state index contributed by atoms with van der Waals surface area (Å²) in [6.07, 6.45) is 1.61. The van der Waals surface area contributed by atoms with Crippen molar-refractivity contribution in [1.29, 1.82) is 0 Å². The molecule has 20 heavy (non-hydrogen) atoms. The van der Waals surface area contributed by atoms with Gasteiger partial charge >= 0.3 is 5.97 Å². The largest absolute Gasteiger partial charge is 0.476 e. The first-order valence-electron chi connectivity index (χ1n) is 6.35. The number of rotatable bonds is 3. The number of nitrogens with zero attached hydrogens (tertiary/aromatic N) is 2. The van der Waals surface area contributed by atoms with E-state index in [-0.39, 0.29) is 5.92 Å². The molecule has 0 spiro atoms. The average molecular weight is 272 g/mol. The summed E-state index contributed by atoms with van der Waals surface area (Å²) in [6.45, 7) is 5.61.